The maximum Gasteiger partial charge on any atom is 0.278 e. The fourth-order valence-corrected chi connectivity index (χ4v) is 11.2. The summed E-state index contributed by atoms with van der Waals surface area (Å²) >= 11 is 0. The van der Waals surface area contributed by atoms with Crippen LogP contribution in [-0.2, 0) is 28.2 Å². The van der Waals surface area contributed by atoms with E-state index in [0.29, 0.717) is 64.5 Å². The lowest BCUT2D eigenvalue weighted by Crippen LogP contribution is -2.67. The van der Waals surface area contributed by atoms with E-state index in [1.165, 1.54) is 0 Å². The Morgan fingerprint density at radius 3 is 2.43 bits per heavy atom. The first-order valence-electron chi connectivity index (χ1n) is 22.7. The summed E-state index contributed by atoms with van der Waals surface area (Å²) in [7, 11) is 0. The Hall–Kier alpha value is -6.72. The number of imide groups is 2. The third-order valence-electron chi connectivity index (χ3n) is 14.6. The van der Waals surface area contributed by atoms with Gasteiger partial charge in [-0.1, -0.05) is 25.1 Å². The molecule has 3 saturated heterocycles. The summed E-state index contributed by atoms with van der Waals surface area (Å²) in [6.07, 6.45) is 9.52. The van der Waals surface area contributed by atoms with Crippen LogP contribution in [0.3, 0.4) is 0 Å². The van der Waals surface area contributed by atoms with Crippen molar-refractivity contribution in [2.45, 2.75) is 95.0 Å². The normalized spacial score (nSPS) is 22.9. The Bertz CT molecular complexity index is 2870. The van der Waals surface area contributed by atoms with Crippen LogP contribution in [0.2, 0.25) is 0 Å². The first-order valence-corrected chi connectivity index (χ1v) is 22.7. The Balaban J connectivity index is 0.688. The van der Waals surface area contributed by atoms with E-state index >= 15 is 0 Å². The van der Waals surface area contributed by atoms with Crippen LogP contribution in [0.1, 0.15) is 90.3 Å². The molecule has 17 heteroatoms. The van der Waals surface area contributed by atoms with E-state index in [1.807, 2.05) is 37.3 Å². The third-order valence-corrected chi connectivity index (χ3v) is 14.6. The number of rotatable bonds is 11. The van der Waals surface area contributed by atoms with Gasteiger partial charge in [-0.3, -0.25) is 34.2 Å². The number of carbonyl (C=O) groups is 4. The minimum Gasteiger partial charge on any atom is -0.384 e. The van der Waals surface area contributed by atoms with Crippen molar-refractivity contribution >= 4 is 57.7 Å². The van der Waals surface area contributed by atoms with Gasteiger partial charge in [-0.2, -0.15) is 4.98 Å². The van der Waals surface area contributed by atoms with Gasteiger partial charge in [0.2, 0.25) is 17.8 Å². The van der Waals surface area contributed by atoms with Gasteiger partial charge in [-0.05, 0) is 99.4 Å². The molecule has 5 aromatic rings. The summed E-state index contributed by atoms with van der Waals surface area (Å²) < 4.78 is 3.23. The summed E-state index contributed by atoms with van der Waals surface area (Å²) in [5.41, 5.74) is 4.36. The van der Waals surface area contributed by atoms with E-state index in [0.717, 1.165) is 85.8 Å². The zero-order chi connectivity index (χ0) is 44.8. The van der Waals surface area contributed by atoms with Crippen molar-refractivity contribution in [1.82, 2.24) is 39.8 Å². The highest BCUT2D eigenvalue weighted by Crippen LogP contribution is 2.51. The second-order valence-electron chi connectivity index (χ2n) is 18.7. The lowest BCUT2D eigenvalue weighted by molar-refractivity contribution is -0.136. The Labute approximate surface area is 374 Å². The number of nitrogens with one attached hydrogen (secondary N) is 3. The summed E-state index contributed by atoms with van der Waals surface area (Å²) in [5, 5.41) is 21.1. The zero-order valence-corrected chi connectivity index (χ0v) is 36.3. The quantitative estimate of drug-likeness (QED) is 0.109. The number of amides is 4. The predicted octanol–water partition coefficient (Wildman–Crippen LogP) is 4.08. The van der Waals surface area contributed by atoms with Gasteiger partial charge in [0.05, 0.1) is 29.1 Å². The number of hydrogen-bond donors (Lipinski definition) is 4. The molecule has 4 N–H and O–H groups in total. The van der Waals surface area contributed by atoms with Gasteiger partial charge in [0.25, 0.3) is 17.4 Å². The molecule has 17 nitrogen and oxygen atoms in total. The van der Waals surface area contributed by atoms with Gasteiger partial charge in [-0.25, -0.2) is 19.3 Å². The monoisotopic (exact) mass is 877 g/mol. The topological polar surface area (TPSA) is 200 Å². The highest BCUT2D eigenvalue weighted by atomic mass is 16.3. The Kier molecular flexibility index (Phi) is 9.76. The molecule has 1 unspecified atom stereocenters. The zero-order valence-electron chi connectivity index (χ0n) is 36.3. The van der Waals surface area contributed by atoms with Crippen LogP contribution in [0, 0.1) is 5.41 Å². The molecular formula is C48H51N11O6. The molecule has 3 aromatic heterocycles. The lowest BCUT2D eigenvalue weighted by atomic mass is 9.60. The van der Waals surface area contributed by atoms with Crippen LogP contribution in [0.15, 0.2) is 78.2 Å². The SMILES string of the molecule is C=CCn1c(=O)c2cnc(Nc3ccc(N4CCC(NC5CC6(C5)CN(c5cccc7c5C(=O)N(C5CCC(=O)NC5=O)C7=O)C6)CC4)cc3)nc2n1-c1ccc2c(n1)[C@@](O)(CC)CC2. The average molecular weight is 878 g/mol. The standard InChI is InChI=1S/C48H51N11O6/c1-3-20-57-43(62)34-25-49-46(54-41(34)59(57)37-14-8-28-16-19-48(65,4-2)40(28)52-37)51-29-9-11-32(12-10-29)55-21-17-30(18-22-55)50-31-23-47(24-31)26-56(27-47)35-7-5-6-33-39(35)45(64)58(44(33)63)36-13-15-38(60)53-42(36)61/h3,5-12,14,25,30-31,36,50,65H,1,4,13,15-24,26-27H2,2H3,(H,49,51,54)(H,53,60,61)/t36?,48-/m1/s1. The molecule has 4 amide bonds. The molecule has 7 heterocycles. The van der Waals surface area contributed by atoms with Gasteiger partial charge in [0, 0.05) is 67.7 Å². The molecule has 0 radical (unpaired) electrons. The first-order chi connectivity index (χ1) is 31.4. The molecule has 0 bridgehead atoms. The molecule has 1 saturated carbocycles. The molecule has 4 aliphatic heterocycles. The van der Waals surface area contributed by atoms with Crippen molar-refractivity contribution in [1.29, 1.82) is 0 Å². The number of carbonyl (C=O) groups excluding carboxylic acids is 4. The minimum absolute atomic E-state index is 0.0900. The van der Waals surface area contributed by atoms with Crippen molar-refractivity contribution in [3.05, 3.63) is 106 Å². The molecule has 2 atom stereocenters. The number of hydrogen-bond acceptors (Lipinski definition) is 13. The van der Waals surface area contributed by atoms with Crippen molar-refractivity contribution in [3.8, 4) is 5.82 Å². The van der Waals surface area contributed by atoms with E-state index in [9.17, 15) is 29.1 Å². The van der Waals surface area contributed by atoms with E-state index in [-0.39, 0.29) is 30.4 Å². The predicted molar refractivity (Wildman–Crippen MR) is 243 cm³/mol. The number of piperidine rings is 2. The molecule has 65 heavy (non-hydrogen) atoms. The van der Waals surface area contributed by atoms with E-state index in [4.69, 9.17) is 9.97 Å². The minimum atomic E-state index is -1.00. The van der Waals surface area contributed by atoms with Crippen molar-refractivity contribution in [2.75, 3.05) is 41.3 Å². The number of aliphatic hydroxyl groups is 1. The Morgan fingerprint density at radius 1 is 0.908 bits per heavy atom. The van der Waals surface area contributed by atoms with Crippen LogP contribution in [0.4, 0.5) is 23.0 Å². The number of aryl methyl sites for hydroxylation is 1. The number of anilines is 4. The van der Waals surface area contributed by atoms with E-state index in [2.05, 4.69) is 49.4 Å². The second kappa shape index (κ2) is 15.5. The van der Waals surface area contributed by atoms with E-state index in [1.54, 1.807) is 33.8 Å². The van der Waals surface area contributed by atoms with Crippen molar-refractivity contribution in [3.63, 3.8) is 0 Å². The van der Waals surface area contributed by atoms with Crippen LogP contribution < -0.4 is 31.3 Å². The molecular weight excluding hydrogens is 827 g/mol. The summed E-state index contributed by atoms with van der Waals surface area (Å²) in [4.78, 5) is 84.7. The number of pyridine rings is 1. The lowest BCUT2D eigenvalue weighted by Gasteiger charge is -2.60. The number of fused-ring (bicyclic) bond motifs is 3. The van der Waals surface area contributed by atoms with Gasteiger partial charge in [0.1, 0.15) is 17.0 Å². The highest BCUT2D eigenvalue weighted by Gasteiger charge is 2.54. The van der Waals surface area contributed by atoms with Crippen LogP contribution in [-0.4, -0.2) is 102 Å². The Morgan fingerprint density at radius 2 is 1.69 bits per heavy atom. The maximum atomic E-state index is 13.6. The number of allylic oxidation sites excluding steroid dienone is 1. The van der Waals surface area contributed by atoms with Crippen molar-refractivity contribution in [2.24, 2.45) is 5.41 Å². The third kappa shape index (κ3) is 6.81. The second-order valence-corrected chi connectivity index (χ2v) is 18.7. The molecule has 11 rings (SSSR count). The van der Waals surface area contributed by atoms with Gasteiger partial charge in [0.15, 0.2) is 11.5 Å². The summed E-state index contributed by atoms with van der Waals surface area (Å²) in [6, 6.07) is 17.3. The average Bonchev–Trinajstić information content (AvgIpc) is 3.86. The van der Waals surface area contributed by atoms with Crippen LogP contribution in [0.25, 0.3) is 16.9 Å². The van der Waals surface area contributed by atoms with Gasteiger partial charge < -0.3 is 25.5 Å². The first kappa shape index (κ1) is 41.0. The number of nitrogens with zero attached hydrogens (tertiary/aromatic N) is 8. The van der Waals surface area contributed by atoms with Crippen molar-refractivity contribution < 1.29 is 24.3 Å². The molecule has 2 aliphatic carbocycles. The number of aromatic nitrogens is 5. The van der Waals surface area contributed by atoms with Crippen LogP contribution >= 0.6 is 0 Å². The van der Waals surface area contributed by atoms with Crippen LogP contribution in [0.5, 0.6) is 0 Å². The smallest absolute Gasteiger partial charge is 0.278 e. The molecule has 6 aliphatic rings. The fraction of sp³-hybridized carbons (Fsp3) is 0.417. The summed E-state index contributed by atoms with van der Waals surface area (Å²) in [6.45, 7) is 9.55. The molecule has 4 fully saturated rings. The molecule has 2 aromatic carbocycles. The molecule has 1 spiro atoms. The van der Waals surface area contributed by atoms with Gasteiger partial charge >= 0.3 is 0 Å². The van der Waals surface area contributed by atoms with E-state index < -0.39 is 35.3 Å². The maximum absolute atomic E-state index is 13.6. The molecule has 334 valence electrons. The fourth-order valence-electron chi connectivity index (χ4n) is 11.2. The largest absolute Gasteiger partial charge is 0.384 e. The summed E-state index contributed by atoms with van der Waals surface area (Å²) in [5.74, 6) is -1.10. The number of benzene rings is 2. The highest BCUT2D eigenvalue weighted by molar-refractivity contribution is 6.25. The van der Waals surface area contributed by atoms with Gasteiger partial charge in [-0.15, -0.1) is 6.58 Å².